The first kappa shape index (κ1) is 13.3. The maximum absolute atomic E-state index is 12.0. The molecule has 18 heavy (non-hydrogen) atoms. The maximum atomic E-state index is 12.0. The van der Waals surface area contributed by atoms with E-state index in [0.717, 1.165) is 25.7 Å². The van der Waals surface area contributed by atoms with Crippen LogP contribution in [0.4, 0.5) is 0 Å². The fraction of sp³-hybridized carbons (Fsp3) is 0.462. The number of hydrogen-bond acceptors (Lipinski definition) is 3. The zero-order chi connectivity index (χ0) is 13.0. The van der Waals surface area contributed by atoms with E-state index in [1.165, 1.54) is 0 Å². The highest BCUT2D eigenvalue weighted by molar-refractivity contribution is 6.30. The summed E-state index contributed by atoms with van der Waals surface area (Å²) < 4.78 is 0. The molecule has 2 rings (SSSR count). The van der Waals surface area contributed by atoms with Crippen molar-refractivity contribution in [1.29, 1.82) is 0 Å². The van der Waals surface area contributed by atoms with Crippen LogP contribution in [0.3, 0.4) is 0 Å². The van der Waals surface area contributed by atoms with Crippen molar-refractivity contribution in [2.24, 2.45) is 5.90 Å². The molecule has 0 aromatic heterocycles. The van der Waals surface area contributed by atoms with Gasteiger partial charge in [-0.3, -0.25) is 4.79 Å². The van der Waals surface area contributed by atoms with Gasteiger partial charge in [-0.2, -0.15) is 0 Å². The number of rotatable bonds is 3. The van der Waals surface area contributed by atoms with Gasteiger partial charge in [-0.05, 0) is 49.9 Å². The van der Waals surface area contributed by atoms with Crippen molar-refractivity contribution >= 4 is 17.5 Å². The quantitative estimate of drug-likeness (QED) is 0.827. The molecule has 1 aliphatic rings. The van der Waals surface area contributed by atoms with Crippen LogP contribution in [0.25, 0.3) is 0 Å². The first-order chi connectivity index (χ1) is 8.69. The van der Waals surface area contributed by atoms with Crippen LogP contribution in [0.2, 0.25) is 5.02 Å². The molecule has 0 atom stereocenters. The van der Waals surface area contributed by atoms with Crippen LogP contribution < -0.4 is 11.2 Å². The van der Waals surface area contributed by atoms with Gasteiger partial charge in [0.05, 0.1) is 6.10 Å². The predicted octanol–water partition coefficient (Wildman–Crippen LogP) is 2.27. The molecule has 0 unspecified atom stereocenters. The molecule has 1 aromatic carbocycles. The number of nitrogens with two attached hydrogens (primary N) is 1. The van der Waals surface area contributed by atoms with Gasteiger partial charge in [-0.1, -0.05) is 11.6 Å². The number of hydrogen-bond donors (Lipinski definition) is 2. The van der Waals surface area contributed by atoms with Crippen molar-refractivity contribution in [3.05, 3.63) is 34.9 Å². The Balaban J connectivity index is 1.86. The van der Waals surface area contributed by atoms with Gasteiger partial charge in [0.2, 0.25) is 0 Å². The van der Waals surface area contributed by atoms with E-state index in [4.69, 9.17) is 22.3 Å². The van der Waals surface area contributed by atoms with E-state index < -0.39 is 0 Å². The van der Waals surface area contributed by atoms with E-state index in [9.17, 15) is 4.79 Å². The minimum Gasteiger partial charge on any atom is -0.349 e. The molecule has 98 valence electrons. The lowest BCUT2D eigenvalue weighted by Crippen LogP contribution is -2.39. The molecular weight excluding hydrogens is 252 g/mol. The number of carbonyl (C=O) groups is 1. The van der Waals surface area contributed by atoms with Gasteiger partial charge in [0.25, 0.3) is 5.91 Å². The van der Waals surface area contributed by atoms with E-state index in [-0.39, 0.29) is 18.1 Å². The molecule has 3 N–H and O–H groups in total. The first-order valence-electron chi connectivity index (χ1n) is 6.11. The number of nitrogens with one attached hydrogen (secondary N) is 1. The van der Waals surface area contributed by atoms with E-state index in [1.807, 2.05) is 0 Å². The van der Waals surface area contributed by atoms with Gasteiger partial charge in [0.1, 0.15) is 0 Å². The number of amides is 1. The second-order valence-electron chi connectivity index (χ2n) is 4.59. The Bertz CT molecular complexity index is 400. The van der Waals surface area contributed by atoms with Crippen LogP contribution in [0.1, 0.15) is 36.0 Å². The number of halogens is 1. The van der Waals surface area contributed by atoms with Gasteiger partial charge >= 0.3 is 0 Å². The Hall–Kier alpha value is -1.10. The summed E-state index contributed by atoms with van der Waals surface area (Å²) >= 11 is 5.78. The van der Waals surface area contributed by atoms with Crippen LogP contribution in [0.15, 0.2) is 24.3 Å². The van der Waals surface area contributed by atoms with Crippen molar-refractivity contribution in [2.75, 3.05) is 0 Å². The fourth-order valence-corrected chi connectivity index (χ4v) is 2.34. The summed E-state index contributed by atoms with van der Waals surface area (Å²) in [6.07, 6.45) is 3.72. The van der Waals surface area contributed by atoms with Gasteiger partial charge in [0.15, 0.2) is 0 Å². The van der Waals surface area contributed by atoms with E-state index >= 15 is 0 Å². The third-order valence-corrected chi connectivity index (χ3v) is 3.56. The second kappa shape index (κ2) is 6.18. The van der Waals surface area contributed by atoms with Crippen LogP contribution in [-0.2, 0) is 4.84 Å². The van der Waals surface area contributed by atoms with Crippen molar-refractivity contribution in [3.63, 3.8) is 0 Å². The molecule has 0 spiro atoms. The Morgan fingerprint density at radius 1 is 1.22 bits per heavy atom. The summed E-state index contributed by atoms with van der Waals surface area (Å²) in [5, 5.41) is 3.65. The van der Waals surface area contributed by atoms with Crippen LogP contribution in [-0.4, -0.2) is 18.1 Å². The average Bonchev–Trinajstić information content (AvgIpc) is 2.40. The number of carbonyl (C=O) groups excluding carboxylic acids is 1. The molecule has 1 aromatic rings. The first-order valence-corrected chi connectivity index (χ1v) is 6.49. The normalized spacial score (nSPS) is 23.7. The molecule has 1 aliphatic carbocycles. The van der Waals surface area contributed by atoms with Crippen LogP contribution in [0, 0.1) is 0 Å². The lowest BCUT2D eigenvalue weighted by Gasteiger charge is -2.27. The standard InChI is InChI=1S/C13H17ClN2O2/c14-10-3-1-9(2-4-10)13(17)16-11-5-7-12(18-15)8-6-11/h1-4,11-12H,5-8,15H2,(H,16,17). The van der Waals surface area contributed by atoms with E-state index in [2.05, 4.69) is 5.32 Å². The van der Waals surface area contributed by atoms with E-state index in [1.54, 1.807) is 24.3 Å². The minimum absolute atomic E-state index is 0.0521. The van der Waals surface area contributed by atoms with Crippen molar-refractivity contribution in [3.8, 4) is 0 Å². The van der Waals surface area contributed by atoms with Crippen LogP contribution >= 0.6 is 11.6 Å². The largest absolute Gasteiger partial charge is 0.349 e. The summed E-state index contributed by atoms with van der Waals surface area (Å²) in [4.78, 5) is 16.8. The molecule has 0 saturated heterocycles. The number of benzene rings is 1. The Morgan fingerprint density at radius 2 is 1.83 bits per heavy atom. The van der Waals surface area contributed by atoms with Crippen molar-refractivity contribution < 1.29 is 9.63 Å². The third-order valence-electron chi connectivity index (χ3n) is 3.31. The van der Waals surface area contributed by atoms with E-state index in [0.29, 0.717) is 10.6 Å². The summed E-state index contributed by atoms with van der Waals surface area (Å²) in [6.45, 7) is 0. The van der Waals surface area contributed by atoms with Gasteiger partial charge in [-0.25, -0.2) is 5.90 Å². The molecule has 5 heteroatoms. The highest BCUT2D eigenvalue weighted by atomic mass is 35.5. The fourth-order valence-electron chi connectivity index (χ4n) is 2.21. The Morgan fingerprint density at radius 3 is 2.39 bits per heavy atom. The molecule has 1 amide bonds. The van der Waals surface area contributed by atoms with Crippen molar-refractivity contribution in [2.45, 2.75) is 37.8 Å². The summed E-state index contributed by atoms with van der Waals surface area (Å²) in [5.41, 5.74) is 0.636. The SMILES string of the molecule is NOC1CCC(NC(=O)c2ccc(Cl)cc2)CC1. The smallest absolute Gasteiger partial charge is 0.251 e. The minimum atomic E-state index is -0.0521. The zero-order valence-corrected chi connectivity index (χ0v) is 10.8. The molecule has 1 fully saturated rings. The topological polar surface area (TPSA) is 64.3 Å². The molecule has 0 radical (unpaired) electrons. The lowest BCUT2D eigenvalue weighted by atomic mass is 9.93. The average molecular weight is 269 g/mol. The summed E-state index contributed by atoms with van der Waals surface area (Å²) in [6, 6.07) is 7.10. The molecular formula is C13H17ClN2O2. The molecule has 1 saturated carbocycles. The lowest BCUT2D eigenvalue weighted by molar-refractivity contribution is 0.0217. The molecule has 4 nitrogen and oxygen atoms in total. The Kier molecular flexibility index (Phi) is 4.58. The van der Waals surface area contributed by atoms with Crippen LogP contribution in [0.5, 0.6) is 0 Å². The summed E-state index contributed by atoms with van der Waals surface area (Å²) in [5.74, 6) is 5.10. The highest BCUT2D eigenvalue weighted by Crippen LogP contribution is 2.20. The predicted molar refractivity (Wildman–Crippen MR) is 70.2 cm³/mol. The van der Waals surface area contributed by atoms with Gasteiger partial charge in [-0.15, -0.1) is 0 Å². The highest BCUT2D eigenvalue weighted by Gasteiger charge is 2.22. The van der Waals surface area contributed by atoms with Gasteiger partial charge < -0.3 is 10.2 Å². The Labute approximate surface area is 111 Å². The zero-order valence-electron chi connectivity index (χ0n) is 10.1. The monoisotopic (exact) mass is 268 g/mol. The second-order valence-corrected chi connectivity index (χ2v) is 5.03. The molecule has 0 bridgehead atoms. The third kappa shape index (κ3) is 3.45. The molecule has 0 heterocycles. The van der Waals surface area contributed by atoms with Gasteiger partial charge in [0, 0.05) is 16.6 Å². The maximum Gasteiger partial charge on any atom is 0.251 e. The van der Waals surface area contributed by atoms with Crippen molar-refractivity contribution in [1.82, 2.24) is 5.32 Å². The molecule has 0 aliphatic heterocycles. The summed E-state index contributed by atoms with van der Waals surface area (Å²) in [7, 11) is 0.